The highest BCUT2D eigenvalue weighted by Crippen LogP contribution is 2.29. The van der Waals surface area contributed by atoms with E-state index in [1.165, 1.54) is 6.07 Å². The summed E-state index contributed by atoms with van der Waals surface area (Å²) < 4.78 is 77.9. The molecular formula is C18H18ClF6N5O. The summed E-state index contributed by atoms with van der Waals surface area (Å²) in [5, 5.41) is 5.24. The van der Waals surface area contributed by atoms with E-state index in [-0.39, 0.29) is 42.1 Å². The predicted molar refractivity (Wildman–Crippen MR) is 100 cm³/mol. The number of nitrogens with one attached hydrogen (secondary N) is 2. The molecule has 0 unspecified atom stereocenters. The standard InChI is InChI=1S/C18H17F6N5O.ClH/c1-8-12(19)3-13(29-8)16(30)26-5-10-2-9(4-25-14(10)15(20)21)11-6-27-17(28-7-11)18(22,23)24;/h2,4,6-8,12-13,15,29H,3,5H2,1H3,(H,26,30);1H/t8-,12+,13-;/m0./s1. The van der Waals surface area contributed by atoms with Gasteiger partial charge in [0.2, 0.25) is 11.7 Å². The molecule has 0 aromatic carbocycles. The van der Waals surface area contributed by atoms with E-state index in [1.54, 1.807) is 6.92 Å². The monoisotopic (exact) mass is 469 g/mol. The Morgan fingerprint density at radius 1 is 1.19 bits per heavy atom. The quantitative estimate of drug-likeness (QED) is 0.654. The molecule has 0 radical (unpaired) electrons. The smallest absolute Gasteiger partial charge is 0.351 e. The topological polar surface area (TPSA) is 79.8 Å². The second-order valence-corrected chi connectivity index (χ2v) is 6.84. The molecule has 1 amide bonds. The Kier molecular flexibility index (Phi) is 7.82. The zero-order chi connectivity index (χ0) is 22.1. The minimum absolute atomic E-state index is 0. The van der Waals surface area contributed by atoms with Gasteiger partial charge in [-0.1, -0.05) is 0 Å². The molecule has 3 atom stereocenters. The first-order valence-corrected chi connectivity index (χ1v) is 8.90. The summed E-state index contributed by atoms with van der Waals surface area (Å²) in [5.41, 5.74) is -0.272. The Hall–Kier alpha value is -2.47. The SMILES string of the molecule is C[C@@H]1N[C@H](C(=O)NCc2cc(-c3cnc(C(F)(F)F)nc3)cnc2C(F)F)C[C@H]1F.Cl. The van der Waals surface area contributed by atoms with Crippen molar-refractivity contribution >= 4 is 18.3 Å². The van der Waals surface area contributed by atoms with Gasteiger partial charge in [-0.25, -0.2) is 23.1 Å². The number of carbonyl (C=O) groups is 1. The van der Waals surface area contributed by atoms with Crippen LogP contribution in [-0.4, -0.2) is 39.1 Å². The molecular weight excluding hydrogens is 452 g/mol. The Morgan fingerprint density at radius 3 is 2.32 bits per heavy atom. The number of hydrogen-bond acceptors (Lipinski definition) is 5. The van der Waals surface area contributed by atoms with Crippen molar-refractivity contribution in [2.75, 3.05) is 0 Å². The highest BCUT2D eigenvalue weighted by atomic mass is 35.5. The second kappa shape index (κ2) is 9.77. The Morgan fingerprint density at radius 2 is 1.81 bits per heavy atom. The van der Waals surface area contributed by atoms with Gasteiger partial charge >= 0.3 is 6.18 Å². The predicted octanol–water partition coefficient (Wildman–Crippen LogP) is 3.62. The lowest BCUT2D eigenvalue weighted by Gasteiger charge is -2.14. The number of pyridine rings is 1. The van der Waals surface area contributed by atoms with Gasteiger partial charge in [-0.15, -0.1) is 12.4 Å². The third kappa shape index (κ3) is 5.82. The van der Waals surface area contributed by atoms with Gasteiger partial charge in [0.25, 0.3) is 6.43 Å². The Balaban J connectivity index is 0.00000341. The maximum atomic E-state index is 13.6. The third-order valence-corrected chi connectivity index (χ3v) is 4.68. The number of amides is 1. The number of halogens is 7. The van der Waals surface area contributed by atoms with Gasteiger partial charge in [-0.3, -0.25) is 9.78 Å². The first kappa shape index (κ1) is 24.8. The lowest BCUT2D eigenvalue weighted by Crippen LogP contribution is -2.42. The van der Waals surface area contributed by atoms with Gasteiger partial charge in [-0.2, -0.15) is 13.2 Å². The van der Waals surface area contributed by atoms with Crippen LogP contribution in [0.5, 0.6) is 0 Å². The van der Waals surface area contributed by atoms with Crippen LogP contribution in [0.4, 0.5) is 26.3 Å². The molecule has 1 aliphatic heterocycles. The summed E-state index contributed by atoms with van der Waals surface area (Å²) in [5.74, 6) is -1.88. The van der Waals surface area contributed by atoms with Crippen molar-refractivity contribution in [3.63, 3.8) is 0 Å². The normalized spacial score (nSPS) is 21.1. The van der Waals surface area contributed by atoms with Crippen molar-refractivity contribution < 1.29 is 31.1 Å². The van der Waals surface area contributed by atoms with E-state index in [4.69, 9.17) is 0 Å². The van der Waals surface area contributed by atoms with Gasteiger partial charge in [0.1, 0.15) is 11.9 Å². The highest BCUT2D eigenvalue weighted by Gasteiger charge is 2.35. The van der Waals surface area contributed by atoms with Crippen LogP contribution in [0.15, 0.2) is 24.7 Å². The van der Waals surface area contributed by atoms with Crippen LogP contribution < -0.4 is 10.6 Å². The molecule has 2 N–H and O–H groups in total. The average molecular weight is 470 g/mol. The van der Waals surface area contributed by atoms with Crippen LogP contribution in [0.25, 0.3) is 11.1 Å². The van der Waals surface area contributed by atoms with E-state index in [0.717, 1.165) is 18.6 Å². The molecule has 3 rings (SSSR count). The molecule has 170 valence electrons. The molecule has 6 nitrogen and oxygen atoms in total. The van der Waals surface area contributed by atoms with E-state index in [2.05, 4.69) is 25.6 Å². The average Bonchev–Trinajstić information content (AvgIpc) is 3.04. The Labute approximate surface area is 179 Å². The molecule has 13 heteroatoms. The van der Waals surface area contributed by atoms with E-state index >= 15 is 0 Å². The lowest BCUT2D eigenvalue weighted by atomic mass is 10.1. The van der Waals surface area contributed by atoms with Crippen LogP contribution in [0.3, 0.4) is 0 Å². The fraction of sp³-hybridized carbons (Fsp3) is 0.444. The van der Waals surface area contributed by atoms with Gasteiger partial charge in [0.05, 0.1) is 6.04 Å². The van der Waals surface area contributed by atoms with Crippen molar-refractivity contribution in [2.45, 2.75) is 50.7 Å². The van der Waals surface area contributed by atoms with E-state index in [9.17, 15) is 31.1 Å². The molecule has 1 saturated heterocycles. The molecule has 2 aromatic heterocycles. The molecule has 0 spiro atoms. The number of nitrogens with zero attached hydrogens (tertiary/aromatic N) is 3. The zero-order valence-corrected chi connectivity index (χ0v) is 16.8. The summed E-state index contributed by atoms with van der Waals surface area (Å²) in [4.78, 5) is 22.3. The van der Waals surface area contributed by atoms with Crippen LogP contribution >= 0.6 is 12.4 Å². The van der Waals surface area contributed by atoms with Crippen molar-refractivity contribution in [1.29, 1.82) is 0 Å². The first-order chi connectivity index (χ1) is 14.1. The van der Waals surface area contributed by atoms with Crippen LogP contribution in [0.1, 0.15) is 36.9 Å². The van der Waals surface area contributed by atoms with Crippen molar-refractivity contribution in [3.8, 4) is 11.1 Å². The summed E-state index contributed by atoms with van der Waals surface area (Å²) in [7, 11) is 0. The molecule has 0 aliphatic carbocycles. The molecule has 1 fully saturated rings. The van der Waals surface area contributed by atoms with Gasteiger partial charge < -0.3 is 10.6 Å². The third-order valence-electron chi connectivity index (χ3n) is 4.68. The second-order valence-electron chi connectivity index (χ2n) is 6.84. The number of rotatable bonds is 5. The zero-order valence-electron chi connectivity index (χ0n) is 16.0. The van der Waals surface area contributed by atoms with Gasteiger partial charge in [0.15, 0.2) is 0 Å². The molecule has 31 heavy (non-hydrogen) atoms. The lowest BCUT2D eigenvalue weighted by molar-refractivity contribution is -0.145. The fourth-order valence-corrected chi connectivity index (χ4v) is 3.05. The number of aromatic nitrogens is 3. The molecule has 0 saturated carbocycles. The van der Waals surface area contributed by atoms with Crippen molar-refractivity contribution in [1.82, 2.24) is 25.6 Å². The molecule has 0 bridgehead atoms. The fourth-order valence-electron chi connectivity index (χ4n) is 3.05. The minimum Gasteiger partial charge on any atom is -0.351 e. The van der Waals surface area contributed by atoms with Crippen LogP contribution in [-0.2, 0) is 17.5 Å². The van der Waals surface area contributed by atoms with Gasteiger partial charge in [0, 0.05) is 48.7 Å². The van der Waals surface area contributed by atoms with E-state index in [0.29, 0.717) is 0 Å². The summed E-state index contributed by atoms with van der Waals surface area (Å²) in [6.45, 7) is 1.27. The van der Waals surface area contributed by atoms with E-state index < -0.39 is 48.3 Å². The summed E-state index contributed by atoms with van der Waals surface area (Å²) in [6.07, 6.45) is -6.00. The minimum atomic E-state index is -4.71. The largest absolute Gasteiger partial charge is 0.451 e. The summed E-state index contributed by atoms with van der Waals surface area (Å²) >= 11 is 0. The maximum Gasteiger partial charge on any atom is 0.451 e. The molecule has 2 aromatic rings. The highest BCUT2D eigenvalue weighted by molar-refractivity contribution is 5.85. The summed E-state index contributed by atoms with van der Waals surface area (Å²) in [6, 6.07) is -0.0184. The molecule has 3 heterocycles. The molecule has 1 aliphatic rings. The van der Waals surface area contributed by atoms with Crippen molar-refractivity contribution in [3.05, 3.63) is 41.7 Å². The van der Waals surface area contributed by atoms with Gasteiger partial charge in [-0.05, 0) is 18.6 Å². The first-order valence-electron chi connectivity index (χ1n) is 8.90. The van der Waals surface area contributed by atoms with Crippen molar-refractivity contribution in [2.24, 2.45) is 0 Å². The number of alkyl halides is 6. The number of hydrogen-bond donors (Lipinski definition) is 2. The number of carbonyl (C=O) groups excluding carboxylic acids is 1. The van der Waals surface area contributed by atoms with E-state index in [1.807, 2.05) is 0 Å². The Bertz CT molecular complexity index is 901. The maximum absolute atomic E-state index is 13.6. The van der Waals surface area contributed by atoms with Crippen LogP contribution in [0, 0.1) is 0 Å². The van der Waals surface area contributed by atoms with Crippen LogP contribution in [0.2, 0.25) is 0 Å².